The minimum Gasteiger partial charge on any atom is -0.480 e. The Labute approximate surface area is 190 Å². The number of hydrogen-bond acceptors (Lipinski definition) is 2. The third-order valence-electron chi connectivity index (χ3n) is 5.60. The Balaban J connectivity index is 1.93. The molecule has 0 bridgehead atoms. The van der Waals surface area contributed by atoms with Crippen LogP contribution in [-0.2, 0) is 22.2 Å². The molecule has 172 valence electrons. The molecule has 0 radical (unpaired) electrons. The quantitative estimate of drug-likeness (QED) is 0.461. The molecule has 0 aromatic heterocycles. The normalized spacial score (nSPS) is 12.3. The summed E-state index contributed by atoms with van der Waals surface area (Å²) in [6, 6.07) is 18.4. The smallest absolute Gasteiger partial charge is 0.416 e. The average molecular weight is 455 g/mol. The Morgan fingerprint density at radius 1 is 0.909 bits per heavy atom. The molecule has 1 unspecified atom stereocenters. The van der Waals surface area contributed by atoms with Gasteiger partial charge in [0.15, 0.2) is 5.92 Å². The number of carbonyl (C=O) groups is 2. The van der Waals surface area contributed by atoms with Gasteiger partial charge >= 0.3 is 12.1 Å². The van der Waals surface area contributed by atoms with Crippen molar-refractivity contribution in [1.29, 1.82) is 0 Å². The van der Waals surface area contributed by atoms with Crippen molar-refractivity contribution in [3.05, 3.63) is 101 Å². The first kappa shape index (κ1) is 24.0. The van der Waals surface area contributed by atoms with Gasteiger partial charge in [0.25, 0.3) is 0 Å². The minimum absolute atomic E-state index is 0.114. The maximum atomic E-state index is 13.5. The Morgan fingerprint density at radius 2 is 1.55 bits per heavy atom. The Bertz CT molecular complexity index is 1130. The molecule has 3 rings (SSSR count). The molecule has 7 heteroatoms. The number of aryl methyl sites for hydroxylation is 2. The maximum Gasteiger partial charge on any atom is 0.416 e. The number of hydrogen-bond donors (Lipinski definition) is 1. The van der Waals surface area contributed by atoms with Gasteiger partial charge in [0.05, 0.1) is 5.56 Å². The second-order valence-electron chi connectivity index (χ2n) is 7.89. The van der Waals surface area contributed by atoms with Crippen LogP contribution in [0.15, 0.2) is 72.8 Å². The monoisotopic (exact) mass is 455 g/mol. The summed E-state index contributed by atoms with van der Waals surface area (Å²) in [5, 5.41) is 9.83. The third-order valence-corrected chi connectivity index (χ3v) is 5.60. The van der Waals surface area contributed by atoms with Crippen molar-refractivity contribution in [2.24, 2.45) is 0 Å². The second kappa shape index (κ2) is 9.90. The van der Waals surface area contributed by atoms with Crippen LogP contribution < -0.4 is 4.90 Å². The number of carboxylic acids is 1. The van der Waals surface area contributed by atoms with Crippen molar-refractivity contribution in [2.45, 2.75) is 32.4 Å². The summed E-state index contributed by atoms with van der Waals surface area (Å²) in [6.45, 7) is 3.93. The van der Waals surface area contributed by atoms with Crippen molar-refractivity contribution in [3.63, 3.8) is 0 Å². The lowest BCUT2D eigenvalue weighted by molar-refractivity contribution is -0.142. The fourth-order valence-electron chi connectivity index (χ4n) is 3.55. The van der Waals surface area contributed by atoms with E-state index >= 15 is 0 Å². The van der Waals surface area contributed by atoms with Crippen molar-refractivity contribution < 1.29 is 27.9 Å². The zero-order valence-corrected chi connectivity index (χ0v) is 18.3. The first-order chi connectivity index (χ1) is 15.6. The van der Waals surface area contributed by atoms with Crippen LogP contribution in [-0.4, -0.2) is 23.5 Å². The molecule has 0 saturated heterocycles. The molecule has 3 aromatic carbocycles. The second-order valence-corrected chi connectivity index (χ2v) is 7.89. The van der Waals surface area contributed by atoms with Gasteiger partial charge in [-0.2, -0.15) is 13.2 Å². The van der Waals surface area contributed by atoms with Crippen LogP contribution in [0.2, 0.25) is 0 Å². The summed E-state index contributed by atoms with van der Waals surface area (Å²) in [6.07, 6.45) is -4.16. The van der Waals surface area contributed by atoms with Crippen molar-refractivity contribution >= 4 is 17.6 Å². The van der Waals surface area contributed by atoms with E-state index < -0.39 is 29.5 Å². The lowest BCUT2D eigenvalue weighted by atomic mass is 9.96. The van der Waals surface area contributed by atoms with Crippen LogP contribution in [0.1, 0.15) is 33.7 Å². The van der Waals surface area contributed by atoms with Crippen LogP contribution >= 0.6 is 0 Å². The molecule has 0 heterocycles. The SMILES string of the molecule is Cc1ccc(N(CCc2ccc(C(F)(F)F)cc2)C(=O)C(C(=O)O)c2ccccc2)cc1C. The number of nitrogens with zero attached hydrogens (tertiary/aromatic N) is 1. The summed E-state index contributed by atoms with van der Waals surface area (Å²) < 4.78 is 38.5. The van der Waals surface area contributed by atoms with Crippen LogP contribution in [0.4, 0.5) is 18.9 Å². The lowest BCUT2D eigenvalue weighted by Crippen LogP contribution is -2.39. The topological polar surface area (TPSA) is 57.6 Å². The Morgan fingerprint density at radius 3 is 2.09 bits per heavy atom. The molecule has 4 nitrogen and oxygen atoms in total. The molecule has 0 fully saturated rings. The summed E-state index contributed by atoms with van der Waals surface area (Å²) in [4.78, 5) is 26.9. The Hall–Kier alpha value is -3.61. The molecule has 1 N–H and O–H groups in total. The van der Waals surface area contributed by atoms with E-state index in [1.807, 2.05) is 26.0 Å². The summed E-state index contributed by atoms with van der Waals surface area (Å²) in [7, 11) is 0. The summed E-state index contributed by atoms with van der Waals surface area (Å²) in [5.74, 6) is -3.28. The molecule has 0 aliphatic carbocycles. The van der Waals surface area contributed by atoms with Crippen LogP contribution in [0.5, 0.6) is 0 Å². The van der Waals surface area contributed by atoms with E-state index in [0.717, 1.165) is 23.3 Å². The highest BCUT2D eigenvalue weighted by molar-refractivity contribution is 6.10. The van der Waals surface area contributed by atoms with E-state index in [0.29, 0.717) is 16.8 Å². The molecule has 0 saturated carbocycles. The molecule has 0 aliphatic heterocycles. The van der Waals surface area contributed by atoms with E-state index in [9.17, 15) is 27.9 Å². The van der Waals surface area contributed by atoms with Gasteiger partial charge in [-0.25, -0.2) is 0 Å². The molecule has 1 atom stereocenters. The molecule has 33 heavy (non-hydrogen) atoms. The number of rotatable bonds is 7. The first-order valence-electron chi connectivity index (χ1n) is 10.4. The maximum absolute atomic E-state index is 13.5. The molecular formula is C26H24F3NO3. The van der Waals surface area contributed by atoms with E-state index in [-0.39, 0.29) is 13.0 Å². The van der Waals surface area contributed by atoms with Gasteiger partial charge in [0.1, 0.15) is 0 Å². The fraction of sp³-hybridized carbons (Fsp3) is 0.231. The van der Waals surface area contributed by atoms with Gasteiger partial charge < -0.3 is 10.0 Å². The number of halogens is 3. The highest BCUT2D eigenvalue weighted by Gasteiger charge is 2.33. The molecular weight excluding hydrogens is 431 g/mol. The molecule has 3 aromatic rings. The zero-order valence-electron chi connectivity index (χ0n) is 18.3. The van der Waals surface area contributed by atoms with E-state index in [2.05, 4.69) is 0 Å². The van der Waals surface area contributed by atoms with E-state index in [1.54, 1.807) is 36.4 Å². The first-order valence-corrected chi connectivity index (χ1v) is 10.4. The van der Waals surface area contributed by atoms with Crippen molar-refractivity contribution in [3.8, 4) is 0 Å². The number of benzene rings is 3. The highest BCUT2D eigenvalue weighted by atomic mass is 19.4. The van der Waals surface area contributed by atoms with Gasteiger partial charge in [0, 0.05) is 12.2 Å². The van der Waals surface area contributed by atoms with Crippen LogP contribution in [0, 0.1) is 13.8 Å². The van der Waals surface area contributed by atoms with E-state index in [4.69, 9.17) is 0 Å². The average Bonchev–Trinajstić information content (AvgIpc) is 2.76. The van der Waals surface area contributed by atoms with Crippen molar-refractivity contribution in [1.82, 2.24) is 0 Å². The third kappa shape index (κ3) is 5.80. The summed E-state index contributed by atoms with van der Waals surface area (Å²) >= 11 is 0. The molecule has 0 spiro atoms. The predicted molar refractivity (Wildman–Crippen MR) is 120 cm³/mol. The standard InChI is InChI=1S/C26H24F3NO3/c1-17-8-13-22(16-18(17)2)30(15-14-19-9-11-21(12-10-19)26(27,28)29)24(31)23(25(32)33)20-6-4-3-5-7-20/h3-13,16,23H,14-15H2,1-2H3,(H,32,33). The molecule has 0 aliphatic rings. The van der Waals surface area contributed by atoms with Crippen molar-refractivity contribution in [2.75, 3.05) is 11.4 Å². The fourth-order valence-corrected chi connectivity index (χ4v) is 3.55. The lowest BCUT2D eigenvalue weighted by Gasteiger charge is -2.27. The van der Waals surface area contributed by atoms with Crippen LogP contribution in [0.3, 0.4) is 0 Å². The van der Waals surface area contributed by atoms with Crippen LogP contribution in [0.25, 0.3) is 0 Å². The van der Waals surface area contributed by atoms with Gasteiger partial charge in [-0.15, -0.1) is 0 Å². The number of carboxylic acid groups (broad SMARTS) is 1. The zero-order chi connectivity index (χ0) is 24.2. The number of alkyl halides is 3. The minimum atomic E-state index is -4.43. The van der Waals surface area contributed by atoms with Gasteiger partial charge in [0.2, 0.25) is 5.91 Å². The van der Waals surface area contributed by atoms with Gasteiger partial charge in [-0.05, 0) is 66.8 Å². The highest BCUT2D eigenvalue weighted by Crippen LogP contribution is 2.30. The predicted octanol–water partition coefficient (Wildman–Crippen LogP) is 5.77. The Kier molecular flexibility index (Phi) is 7.21. The number of carbonyl (C=O) groups excluding carboxylic acids is 1. The number of anilines is 1. The number of amides is 1. The van der Waals surface area contributed by atoms with Gasteiger partial charge in [-0.1, -0.05) is 48.5 Å². The van der Waals surface area contributed by atoms with E-state index in [1.165, 1.54) is 17.0 Å². The largest absolute Gasteiger partial charge is 0.480 e. The molecule has 1 amide bonds. The number of aliphatic carboxylic acids is 1. The summed E-state index contributed by atoms with van der Waals surface area (Å²) in [5.41, 5.74) is 2.72. The van der Waals surface area contributed by atoms with Gasteiger partial charge in [-0.3, -0.25) is 9.59 Å².